The lowest BCUT2D eigenvalue weighted by Gasteiger charge is -2.27. The summed E-state index contributed by atoms with van der Waals surface area (Å²) in [6.45, 7) is 4.58. The van der Waals surface area contributed by atoms with E-state index in [1.54, 1.807) is 19.1 Å². The Morgan fingerprint density at radius 2 is 1.90 bits per heavy atom. The highest BCUT2D eigenvalue weighted by Gasteiger charge is 2.16. The molecule has 0 saturated carbocycles. The highest BCUT2D eigenvalue weighted by atomic mass is 19.1. The summed E-state index contributed by atoms with van der Waals surface area (Å²) in [5.41, 5.74) is 2.14. The van der Waals surface area contributed by atoms with Gasteiger partial charge in [-0.05, 0) is 43.3 Å². The molecule has 0 bridgehead atoms. The molecule has 160 valence electrons. The third-order valence-corrected chi connectivity index (χ3v) is 4.89. The zero-order valence-corrected chi connectivity index (χ0v) is 17.1. The Bertz CT molecular complexity index is 1040. The van der Waals surface area contributed by atoms with Crippen LogP contribution in [0.5, 0.6) is 5.75 Å². The Kier molecular flexibility index (Phi) is 6.37. The first-order valence-electron chi connectivity index (χ1n) is 10.1. The minimum atomic E-state index is -0.793. The van der Waals surface area contributed by atoms with E-state index in [4.69, 9.17) is 9.47 Å². The van der Waals surface area contributed by atoms with Crippen molar-refractivity contribution < 1.29 is 18.7 Å². The number of hydrogen-bond donors (Lipinski definition) is 1. The van der Waals surface area contributed by atoms with Gasteiger partial charge in [0, 0.05) is 30.4 Å². The number of benzene rings is 2. The maximum absolute atomic E-state index is 13.3. The highest BCUT2D eigenvalue weighted by Crippen LogP contribution is 2.23. The van der Waals surface area contributed by atoms with Crippen molar-refractivity contribution in [2.75, 3.05) is 36.5 Å². The van der Waals surface area contributed by atoms with E-state index in [-0.39, 0.29) is 5.91 Å². The van der Waals surface area contributed by atoms with Crippen LogP contribution in [0.3, 0.4) is 0 Å². The molecular formula is C23H23FN4O3. The lowest BCUT2D eigenvalue weighted by atomic mass is 10.1. The minimum absolute atomic E-state index is 0.298. The quantitative estimate of drug-likeness (QED) is 0.655. The Morgan fingerprint density at radius 3 is 2.65 bits per heavy atom. The molecule has 0 radical (unpaired) electrons. The molecule has 4 rings (SSSR count). The summed E-state index contributed by atoms with van der Waals surface area (Å²) in [5.74, 6) is 0.362. The number of nitrogens with one attached hydrogen (secondary N) is 1. The van der Waals surface area contributed by atoms with Gasteiger partial charge in [0.15, 0.2) is 11.9 Å². The first kappa shape index (κ1) is 20.7. The number of morpholine rings is 1. The smallest absolute Gasteiger partial charge is 0.265 e. The normalized spacial score (nSPS) is 14.7. The van der Waals surface area contributed by atoms with Crippen LogP contribution in [0.4, 0.5) is 15.9 Å². The Balaban J connectivity index is 1.41. The molecule has 3 aromatic rings. The molecule has 0 spiro atoms. The van der Waals surface area contributed by atoms with E-state index in [0.717, 1.165) is 24.5 Å². The third kappa shape index (κ3) is 5.35. The maximum Gasteiger partial charge on any atom is 0.265 e. The molecule has 1 saturated heterocycles. The average Bonchev–Trinajstić information content (AvgIpc) is 2.80. The van der Waals surface area contributed by atoms with Crippen molar-refractivity contribution in [2.45, 2.75) is 13.0 Å². The summed E-state index contributed by atoms with van der Waals surface area (Å²) < 4.78 is 24.2. The second-order valence-electron chi connectivity index (χ2n) is 7.16. The van der Waals surface area contributed by atoms with Crippen LogP contribution in [0.1, 0.15) is 6.92 Å². The van der Waals surface area contributed by atoms with Crippen LogP contribution in [0.2, 0.25) is 0 Å². The molecule has 1 atom stereocenters. The summed E-state index contributed by atoms with van der Waals surface area (Å²) in [7, 11) is 0. The Hall–Kier alpha value is -3.52. The second kappa shape index (κ2) is 9.53. The van der Waals surface area contributed by atoms with Crippen LogP contribution in [0.25, 0.3) is 11.3 Å². The van der Waals surface area contributed by atoms with Gasteiger partial charge in [0.1, 0.15) is 11.6 Å². The number of nitrogens with zero attached hydrogens (tertiary/aromatic N) is 3. The fourth-order valence-corrected chi connectivity index (χ4v) is 3.24. The van der Waals surface area contributed by atoms with E-state index >= 15 is 0 Å². The molecule has 0 aliphatic carbocycles. The van der Waals surface area contributed by atoms with Crippen LogP contribution in [-0.4, -0.2) is 48.5 Å². The number of ether oxygens (including phenoxy) is 2. The molecule has 1 aromatic heterocycles. The van der Waals surface area contributed by atoms with Gasteiger partial charge in [-0.15, -0.1) is 10.2 Å². The van der Waals surface area contributed by atoms with Crippen LogP contribution >= 0.6 is 0 Å². The van der Waals surface area contributed by atoms with E-state index in [0.29, 0.717) is 30.3 Å². The Labute approximate surface area is 179 Å². The summed E-state index contributed by atoms with van der Waals surface area (Å²) in [6.07, 6.45) is -0.793. The fourth-order valence-electron chi connectivity index (χ4n) is 3.24. The molecule has 0 unspecified atom stereocenters. The molecule has 1 N–H and O–H groups in total. The van der Waals surface area contributed by atoms with Gasteiger partial charge in [0.05, 0.1) is 18.9 Å². The van der Waals surface area contributed by atoms with Crippen LogP contribution in [-0.2, 0) is 9.53 Å². The summed E-state index contributed by atoms with van der Waals surface area (Å²) >= 11 is 0. The largest absolute Gasteiger partial charge is 0.481 e. The molecule has 2 aromatic carbocycles. The van der Waals surface area contributed by atoms with Gasteiger partial charge in [-0.3, -0.25) is 4.79 Å². The number of carbonyl (C=O) groups excluding carboxylic acids is 1. The molecule has 2 heterocycles. The van der Waals surface area contributed by atoms with E-state index in [9.17, 15) is 9.18 Å². The van der Waals surface area contributed by atoms with Crippen molar-refractivity contribution in [2.24, 2.45) is 0 Å². The predicted octanol–water partition coefficient (Wildman–Crippen LogP) is 3.53. The van der Waals surface area contributed by atoms with Gasteiger partial charge in [0.2, 0.25) is 0 Å². The van der Waals surface area contributed by atoms with Crippen LogP contribution in [0.15, 0.2) is 60.7 Å². The number of anilines is 2. The topological polar surface area (TPSA) is 76.6 Å². The molecule has 8 heteroatoms. The fraction of sp³-hybridized carbons (Fsp3) is 0.261. The standard InChI is InChI=1S/C23H23FN4O3/c1-16(31-20-7-3-5-18(24)15-20)23(29)25-19-6-2-4-17(14-19)21-8-9-22(27-26-21)28-10-12-30-13-11-28/h2-9,14-16H,10-13H2,1H3,(H,25,29)/t16-/m1/s1. The van der Waals surface area contributed by atoms with Crippen molar-refractivity contribution in [1.82, 2.24) is 10.2 Å². The number of rotatable bonds is 6. The van der Waals surface area contributed by atoms with Crippen LogP contribution < -0.4 is 15.0 Å². The SMILES string of the molecule is C[C@@H](Oc1cccc(F)c1)C(=O)Nc1cccc(-c2ccc(N3CCOCC3)nn2)c1. The average molecular weight is 422 g/mol. The zero-order valence-electron chi connectivity index (χ0n) is 17.1. The second-order valence-corrected chi connectivity index (χ2v) is 7.16. The first-order valence-corrected chi connectivity index (χ1v) is 10.1. The molecule has 1 aliphatic heterocycles. The number of amides is 1. The van der Waals surface area contributed by atoms with E-state index < -0.39 is 11.9 Å². The minimum Gasteiger partial charge on any atom is -0.481 e. The van der Waals surface area contributed by atoms with Crippen molar-refractivity contribution in [1.29, 1.82) is 0 Å². The van der Waals surface area contributed by atoms with Crippen molar-refractivity contribution in [3.63, 3.8) is 0 Å². The monoisotopic (exact) mass is 422 g/mol. The number of carbonyl (C=O) groups is 1. The van der Waals surface area contributed by atoms with E-state index in [1.165, 1.54) is 18.2 Å². The maximum atomic E-state index is 13.3. The molecule has 1 fully saturated rings. The highest BCUT2D eigenvalue weighted by molar-refractivity contribution is 5.94. The van der Waals surface area contributed by atoms with Crippen molar-refractivity contribution in [3.05, 3.63) is 66.5 Å². The summed E-state index contributed by atoms with van der Waals surface area (Å²) in [4.78, 5) is 14.6. The van der Waals surface area contributed by atoms with Crippen LogP contribution in [0, 0.1) is 5.82 Å². The lowest BCUT2D eigenvalue weighted by Crippen LogP contribution is -2.36. The van der Waals surface area contributed by atoms with Crippen molar-refractivity contribution >= 4 is 17.4 Å². The Morgan fingerprint density at radius 1 is 1.10 bits per heavy atom. The van der Waals surface area contributed by atoms with Gasteiger partial charge < -0.3 is 19.7 Å². The van der Waals surface area contributed by atoms with Gasteiger partial charge in [-0.2, -0.15) is 0 Å². The van der Waals surface area contributed by atoms with E-state index in [2.05, 4.69) is 20.4 Å². The van der Waals surface area contributed by atoms with E-state index in [1.807, 2.05) is 30.3 Å². The zero-order chi connectivity index (χ0) is 21.6. The first-order chi connectivity index (χ1) is 15.1. The van der Waals surface area contributed by atoms with Gasteiger partial charge in [-0.25, -0.2) is 4.39 Å². The number of halogens is 1. The number of aromatic nitrogens is 2. The molecule has 1 aliphatic rings. The third-order valence-electron chi connectivity index (χ3n) is 4.89. The molecule has 7 nitrogen and oxygen atoms in total. The molecule has 31 heavy (non-hydrogen) atoms. The van der Waals surface area contributed by atoms with Gasteiger partial charge in [-0.1, -0.05) is 18.2 Å². The summed E-state index contributed by atoms with van der Waals surface area (Å²) in [6, 6.07) is 16.9. The molecular weight excluding hydrogens is 399 g/mol. The molecule has 1 amide bonds. The number of hydrogen-bond acceptors (Lipinski definition) is 6. The van der Waals surface area contributed by atoms with Gasteiger partial charge >= 0.3 is 0 Å². The van der Waals surface area contributed by atoms with Gasteiger partial charge in [0.25, 0.3) is 5.91 Å². The lowest BCUT2D eigenvalue weighted by molar-refractivity contribution is -0.122. The predicted molar refractivity (Wildman–Crippen MR) is 116 cm³/mol. The summed E-state index contributed by atoms with van der Waals surface area (Å²) in [5, 5.41) is 11.5. The van der Waals surface area contributed by atoms with Crippen molar-refractivity contribution in [3.8, 4) is 17.0 Å².